The van der Waals surface area contributed by atoms with E-state index in [1.54, 1.807) is 41.3 Å². The number of amides is 2. The lowest BCUT2D eigenvalue weighted by Gasteiger charge is -2.32. The molecule has 30 heavy (non-hydrogen) atoms. The Morgan fingerprint density at radius 1 is 1.20 bits per heavy atom. The number of benzene rings is 1. The minimum Gasteiger partial charge on any atom is -0.340 e. The Balaban J connectivity index is 1.42. The van der Waals surface area contributed by atoms with Gasteiger partial charge in [-0.25, -0.2) is 9.67 Å². The zero-order chi connectivity index (χ0) is 21.1. The van der Waals surface area contributed by atoms with Gasteiger partial charge in [-0.15, -0.1) is 5.10 Å². The Hall–Kier alpha value is -3.33. The number of aromatic nitrogens is 4. The second kappa shape index (κ2) is 8.58. The number of piperidine rings is 1. The molecule has 1 aromatic carbocycles. The monoisotopic (exact) mass is 426 g/mol. The van der Waals surface area contributed by atoms with Gasteiger partial charge < -0.3 is 10.2 Å². The smallest absolute Gasteiger partial charge is 0.278 e. The topological polar surface area (TPSA) is 110 Å². The highest BCUT2D eigenvalue weighted by Crippen LogP contribution is 2.19. The molecular weight excluding hydrogens is 408 g/mol. The Morgan fingerprint density at radius 3 is 2.83 bits per heavy atom. The Kier molecular flexibility index (Phi) is 5.71. The van der Waals surface area contributed by atoms with E-state index < -0.39 is 0 Å². The second-order valence-corrected chi connectivity index (χ2v) is 7.54. The van der Waals surface area contributed by atoms with Crippen LogP contribution in [0.2, 0.25) is 5.02 Å². The fraction of sp³-hybridized carbons (Fsp3) is 0.300. The van der Waals surface area contributed by atoms with Crippen LogP contribution in [-0.4, -0.2) is 49.8 Å². The average molecular weight is 427 g/mol. The maximum Gasteiger partial charge on any atom is 0.278 e. The number of likely N-dealkylation sites (tertiary alicyclic amines) is 1. The van der Waals surface area contributed by atoms with Crippen LogP contribution in [-0.2, 0) is 16.1 Å². The molecule has 154 valence electrons. The van der Waals surface area contributed by atoms with Gasteiger partial charge in [0.1, 0.15) is 17.9 Å². The number of halogens is 1. The predicted molar refractivity (Wildman–Crippen MR) is 111 cm³/mol. The third kappa shape index (κ3) is 4.30. The zero-order valence-electron chi connectivity index (χ0n) is 16.0. The number of hydrogen-bond donors (Lipinski definition) is 1. The van der Waals surface area contributed by atoms with Crippen LogP contribution in [0.4, 0.5) is 5.82 Å². The quantitative estimate of drug-likeness (QED) is 0.680. The van der Waals surface area contributed by atoms with Crippen LogP contribution < -0.4 is 10.9 Å². The van der Waals surface area contributed by atoms with Crippen molar-refractivity contribution >= 4 is 40.1 Å². The normalized spacial score (nSPS) is 16.4. The highest BCUT2D eigenvalue weighted by Gasteiger charge is 2.29. The van der Waals surface area contributed by atoms with Crippen molar-refractivity contribution in [2.45, 2.75) is 19.4 Å². The van der Waals surface area contributed by atoms with Gasteiger partial charge in [-0.3, -0.25) is 14.4 Å². The molecule has 1 saturated heterocycles. The van der Waals surface area contributed by atoms with Gasteiger partial charge in [0.25, 0.3) is 5.56 Å². The lowest BCUT2D eigenvalue weighted by atomic mass is 9.97. The molecule has 1 unspecified atom stereocenters. The number of carbonyl (C=O) groups is 2. The summed E-state index contributed by atoms with van der Waals surface area (Å²) in [5.74, 6) is -0.431. The molecule has 1 aliphatic rings. The highest BCUT2D eigenvalue weighted by atomic mass is 35.5. The molecule has 1 atom stereocenters. The summed E-state index contributed by atoms with van der Waals surface area (Å²) in [5.41, 5.74) is 0.116. The van der Waals surface area contributed by atoms with E-state index in [9.17, 15) is 14.4 Å². The van der Waals surface area contributed by atoms with Gasteiger partial charge in [-0.1, -0.05) is 28.9 Å². The Bertz CT molecular complexity index is 1150. The third-order valence-electron chi connectivity index (χ3n) is 5.04. The number of rotatable bonds is 4. The molecule has 2 amide bonds. The van der Waals surface area contributed by atoms with Crippen LogP contribution in [0.5, 0.6) is 0 Å². The van der Waals surface area contributed by atoms with Gasteiger partial charge in [-0.05, 0) is 37.1 Å². The summed E-state index contributed by atoms with van der Waals surface area (Å²) < 4.78 is 1.06. The standard InChI is InChI=1S/C20H19ClN6O3/c21-14-7-8-17(22-10-14)23-19(29)13-4-3-9-26(11-13)18(28)12-27-20(30)15-5-1-2-6-16(15)24-25-27/h1-2,5-8,10,13H,3-4,9,11-12H2,(H,22,23,29). The molecule has 9 nitrogen and oxygen atoms in total. The van der Waals surface area contributed by atoms with Gasteiger partial charge in [0.05, 0.1) is 16.3 Å². The maximum atomic E-state index is 12.8. The van der Waals surface area contributed by atoms with Crippen LogP contribution in [0.15, 0.2) is 47.4 Å². The Morgan fingerprint density at radius 2 is 2.03 bits per heavy atom. The van der Waals surface area contributed by atoms with Crippen molar-refractivity contribution in [3.05, 3.63) is 58.0 Å². The van der Waals surface area contributed by atoms with E-state index in [1.165, 1.54) is 6.20 Å². The summed E-state index contributed by atoms with van der Waals surface area (Å²) in [6.45, 7) is 0.579. The highest BCUT2D eigenvalue weighted by molar-refractivity contribution is 6.30. The first kappa shape index (κ1) is 20.0. The number of carbonyl (C=O) groups excluding carboxylic acids is 2. The third-order valence-corrected chi connectivity index (χ3v) is 5.26. The summed E-state index contributed by atoms with van der Waals surface area (Å²) in [6.07, 6.45) is 2.81. The molecule has 3 heterocycles. The molecule has 4 rings (SSSR count). The largest absolute Gasteiger partial charge is 0.340 e. The summed E-state index contributed by atoms with van der Waals surface area (Å²) >= 11 is 5.81. The summed E-state index contributed by atoms with van der Waals surface area (Å²) in [6, 6.07) is 10.1. The van der Waals surface area contributed by atoms with E-state index >= 15 is 0 Å². The van der Waals surface area contributed by atoms with E-state index in [1.807, 2.05) is 0 Å². The van der Waals surface area contributed by atoms with Crippen molar-refractivity contribution in [2.75, 3.05) is 18.4 Å². The van der Waals surface area contributed by atoms with Crippen molar-refractivity contribution in [1.82, 2.24) is 24.9 Å². The molecule has 0 aliphatic carbocycles. The van der Waals surface area contributed by atoms with Gasteiger partial charge in [0.2, 0.25) is 11.8 Å². The molecule has 1 N–H and O–H groups in total. The molecule has 0 radical (unpaired) electrons. The van der Waals surface area contributed by atoms with Crippen molar-refractivity contribution < 1.29 is 9.59 Å². The number of hydrogen-bond acceptors (Lipinski definition) is 6. The van der Waals surface area contributed by atoms with E-state index in [-0.39, 0.29) is 36.4 Å². The molecule has 1 fully saturated rings. The minimum absolute atomic E-state index is 0.204. The van der Waals surface area contributed by atoms with Gasteiger partial charge >= 0.3 is 0 Å². The first-order valence-corrected chi connectivity index (χ1v) is 9.92. The van der Waals surface area contributed by atoms with E-state index in [4.69, 9.17) is 11.6 Å². The molecule has 0 saturated carbocycles. The maximum absolute atomic E-state index is 12.8. The lowest BCUT2D eigenvalue weighted by Crippen LogP contribution is -2.46. The summed E-state index contributed by atoms with van der Waals surface area (Å²) in [7, 11) is 0. The number of anilines is 1. The van der Waals surface area contributed by atoms with Gasteiger partial charge in [-0.2, -0.15) is 0 Å². The van der Waals surface area contributed by atoms with Gasteiger partial charge in [0.15, 0.2) is 0 Å². The first-order chi connectivity index (χ1) is 14.5. The average Bonchev–Trinajstić information content (AvgIpc) is 2.77. The van der Waals surface area contributed by atoms with Crippen molar-refractivity contribution in [3.8, 4) is 0 Å². The minimum atomic E-state index is -0.367. The number of pyridine rings is 1. The number of nitrogens with one attached hydrogen (secondary N) is 1. The van der Waals surface area contributed by atoms with Crippen LogP contribution in [0.25, 0.3) is 10.9 Å². The molecule has 3 aromatic rings. The van der Waals surface area contributed by atoms with E-state index in [0.29, 0.717) is 41.1 Å². The van der Waals surface area contributed by atoms with Crippen LogP contribution >= 0.6 is 11.6 Å². The molecule has 10 heteroatoms. The summed E-state index contributed by atoms with van der Waals surface area (Å²) in [5, 5.41) is 11.5. The molecule has 2 aromatic heterocycles. The molecular formula is C20H19ClN6O3. The molecule has 0 spiro atoms. The lowest BCUT2D eigenvalue weighted by molar-refractivity contribution is -0.135. The SMILES string of the molecule is O=C(Nc1ccc(Cl)cn1)C1CCCN(C(=O)Cn2nnc3ccccc3c2=O)C1. The zero-order valence-corrected chi connectivity index (χ0v) is 16.7. The van der Waals surface area contributed by atoms with Crippen LogP contribution in [0.1, 0.15) is 12.8 Å². The number of nitrogens with zero attached hydrogens (tertiary/aromatic N) is 5. The van der Waals surface area contributed by atoms with Crippen molar-refractivity contribution in [1.29, 1.82) is 0 Å². The van der Waals surface area contributed by atoms with Crippen molar-refractivity contribution in [2.24, 2.45) is 5.92 Å². The predicted octanol–water partition coefficient (Wildman–Crippen LogP) is 1.72. The molecule has 0 bridgehead atoms. The fourth-order valence-electron chi connectivity index (χ4n) is 3.45. The van der Waals surface area contributed by atoms with Crippen LogP contribution in [0.3, 0.4) is 0 Å². The second-order valence-electron chi connectivity index (χ2n) is 7.10. The Labute approximate surface area is 176 Å². The first-order valence-electron chi connectivity index (χ1n) is 9.54. The van der Waals surface area contributed by atoms with Gasteiger partial charge in [0, 0.05) is 19.3 Å². The van der Waals surface area contributed by atoms with E-state index in [0.717, 1.165) is 4.68 Å². The van der Waals surface area contributed by atoms with Crippen molar-refractivity contribution in [3.63, 3.8) is 0 Å². The fourth-order valence-corrected chi connectivity index (χ4v) is 3.56. The van der Waals surface area contributed by atoms with E-state index in [2.05, 4.69) is 20.6 Å². The van der Waals surface area contributed by atoms with Crippen LogP contribution in [0, 0.1) is 5.92 Å². The number of fused-ring (bicyclic) bond motifs is 1. The summed E-state index contributed by atoms with van der Waals surface area (Å²) in [4.78, 5) is 43.5. The molecule has 1 aliphatic heterocycles.